The summed E-state index contributed by atoms with van der Waals surface area (Å²) < 4.78 is 57.1. The second-order valence-corrected chi connectivity index (χ2v) is 8.39. The minimum atomic E-state index is -4.82. The Kier molecular flexibility index (Phi) is 4.37. The molecule has 0 aromatic carbocycles. The third-order valence-corrected chi connectivity index (χ3v) is 6.94. The van der Waals surface area contributed by atoms with E-state index in [1.165, 1.54) is 10.8 Å². The second-order valence-electron chi connectivity index (χ2n) is 6.82. The van der Waals surface area contributed by atoms with E-state index >= 15 is 0 Å². The Balaban J connectivity index is 0.00000205. The molecule has 3 unspecified atom stereocenters. The van der Waals surface area contributed by atoms with E-state index in [1.807, 2.05) is 0 Å². The number of hydrogen-bond acceptors (Lipinski definition) is 7. The molecule has 1 aliphatic heterocycles. The van der Waals surface area contributed by atoms with E-state index in [9.17, 15) is 22.2 Å². The van der Waals surface area contributed by atoms with Crippen LogP contribution in [0, 0.1) is 6.92 Å². The summed E-state index contributed by atoms with van der Waals surface area (Å²) in [4.78, 5) is 25.2. The lowest BCUT2D eigenvalue weighted by atomic mass is 10.1. The van der Waals surface area contributed by atoms with E-state index in [0.29, 0.717) is 29.4 Å². The Bertz CT molecular complexity index is 1220. The zero-order chi connectivity index (χ0) is 19.8. The predicted molar refractivity (Wildman–Crippen MR) is 96.6 cm³/mol. The fraction of sp³-hybridized carbons (Fsp3) is 0.471. The minimum absolute atomic E-state index is 0. The number of alkyl halides is 3. The van der Waals surface area contributed by atoms with Crippen LogP contribution in [0.25, 0.3) is 22.4 Å². The Morgan fingerprint density at radius 3 is 2.72 bits per heavy atom. The van der Waals surface area contributed by atoms with Crippen LogP contribution in [-0.2, 0) is 17.0 Å². The van der Waals surface area contributed by atoms with Crippen molar-refractivity contribution in [1.29, 1.82) is 0 Å². The van der Waals surface area contributed by atoms with Crippen molar-refractivity contribution >= 4 is 21.8 Å². The maximum Gasteiger partial charge on any atom is 0.471 e. The van der Waals surface area contributed by atoms with E-state index in [1.54, 1.807) is 6.92 Å². The van der Waals surface area contributed by atoms with Crippen molar-refractivity contribution in [3.63, 3.8) is 0 Å². The third-order valence-electron chi connectivity index (χ3n) is 5.28. The van der Waals surface area contributed by atoms with Gasteiger partial charge in [-0.05, 0) is 25.3 Å². The average molecular weight is 427 g/mol. The van der Waals surface area contributed by atoms with Crippen LogP contribution in [0.1, 0.15) is 44.2 Å². The summed E-state index contributed by atoms with van der Waals surface area (Å²) >= 11 is 0. The summed E-state index contributed by atoms with van der Waals surface area (Å²) in [6.07, 6.45) is -1.33. The highest BCUT2D eigenvalue weighted by Gasteiger charge is 2.41. The number of fused-ring (bicyclic) bond motifs is 3. The van der Waals surface area contributed by atoms with Gasteiger partial charge in [0.25, 0.3) is 5.56 Å². The van der Waals surface area contributed by atoms with Crippen molar-refractivity contribution in [1.82, 2.24) is 24.7 Å². The number of aromatic nitrogens is 5. The van der Waals surface area contributed by atoms with Crippen LogP contribution >= 0.6 is 0 Å². The Morgan fingerprint density at radius 1 is 1.28 bits per heavy atom. The Morgan fingerprint density at radius 2 is 2.03 bits per heavy atom. The summed E-state index contributed by atoms with van der Waals surface area (Å²) in [5.41, 5.74) is 0.0134. The highest BCUT2D eigenvalue weighted by Crippen LogP contribution is 2.39. The van der Waals surface area contributed by atoms with Crippen LogP contribution in [0.5, 0.6) is 0 Å². The van der Waals surface area contributed by atoms with Crippen LogP contribution in [0.4, 0.5) is 13.2 Å². The summed E-state index contributed by atoms with van der Waals surface area (Å²) in [5, 5.41) is 3.69. The second kappa shape index (κ2) is 6.44. The smallest absolute Gasteiger partial charge is 0.329 e. The molecule has 5 rings (SSSR count). The molecule has 0 amide bonds. The van der Waals surface area contributed by atoms with Crippen LogP contribution in [0.3, 0.4) is 0 Å². The Labute approximate surface area is 164 Å². The van der Waals surface area contributed by atoms with Crippen molar-refractivity contribution in [2.75, 3.05) is 0 Å². The van der Waals surface area contributed by atoms with Crippen LogP contribution in [-0.4, -0.2) is 34.1 Å². The predicted octanol–water partition coefficient (Wildman–Crippen LogP) is 3.02. The summed E-state index contributed by atoms with van der Waals surface area (Å²) in [6, 6.07) is -0.377. The first-order valence-electron chi connectivity index (χ1n) is 8.51. The molecule has 0 spiro atoms. The Hall–Kier alpha value is -2.63. The molecule has 2 bridgehead atoms. The molecule has 1 aliphatic carbocycles. The number of rotatable bonds is 1. The number of nitrogens with zero attached hydrogens (tertiary/aromatic N) is 5. The molecule has 1 fully saturated rings. The van der Waals surface area contributed by atoms with Crippen molar-refractivity contribution in [2.24, 2.45) is 0 Å². The first kappa shape index (κ1) is 19.7. The molecule has 0 saturated heterocycles. The van der Waals surface area contributed by atoms with Gasteiger partial charge in [0.15, 0.2) is 0 Å². The van der Waals surface area contributed by atoms with E-state index in [0.717, 1.165) is 6.42 Å². The van der Waals surface area contributed by atoms with Gasteiger partial charge in [-0.1, -0.05) is 19.0 Å². The summed E-state index contributed by atoms with van der Waals surface area (Å²) in [7, 11) is -1.46. The van der Waals surface area contributed by atoms with Crippen LogP contribution in [0.15, 0.2) is 20.7 Å². The molecule has 2 aliphatic rings. The number of hydrogen-bond donors (Lipinski definition) is 0. The first-order chi connectivity index (χ1) is 13.3. The van der Waals surface area contributed by atoms with Gasteiger partial charge in [-0.25, -0.2) is 9.97 Å². The molecule has 3 aromatic rings. The largest absolute Gasteiger partial charge is 0.471 e. The molecule has 0 radical (unpaired) electrons. The van der Waals surface area contributed by atoms with Crippen molar-refractivity contribution in [2.45, 2.75) is 56.2 Å². The lowest BCUT2D eigenvalue weighted by Gasteiger charge is -2.20. The minimum Gasteiger partial charge on any atom is -0.329 e. The SMILES string of the molecule is C.Cc1c(-c2noc(C(F)(F)F)n2)c(=O)n2c3nc(ncc13)S(=O)C1CCCC12. The molecular formula is C17H16F3N5O3S. The molecule has 29 heavy (non-hydrogen) atoms. The van der Waals surface area contributed by atoms with Crippen LogP contribution < -0.4 is 5.56 Å². The van der Waals surface area contributed by atoms with Crippen molar-refractivity contribution in [3.8, 4) is 11.4 Å². The number of halogens is 3. The van der Waals surface area contributed by atoms with Crippen LogP contribution in [0.2, 0.25) is 0 Å². The molecule has 8 nitrogen and oxygen atoms in total. The third kappa shape index (κ3) is 2.72. The molecule has 3 atom stereocenters. The van der Waals surface area contributed by atoms with E-state index in [2.05, 4.69) is 24.6 Å². The van der Waals surface area contributed by atoms with E-state index in [-0.39, 0.29) is 29.4 Å². The van der Waals surface area contributed by atoms with Gasteiger partial charge in [0.2, 0.25) is 11.0 Å². The van der Waals surface area contributed by atoms with Gasteiger partial charge in [0.1, 0.15) is 5.65 Å². The quantitative estimate of drug-likeness (QED) is 0.550. The molecule has 3 aromatic heterocycles. The highest BCUT2D eigenvalue weighted by atomic mass is 32.2. The summed E-state index contributed by atoms with van der Waals surface area (Å²) in [6.45, 7) is 1.57. The van der Waals surface area contributed by atoms with E-state index in [4.69, 9.17) is 0 Å². The van der Waals surface area contributed by atoms with Gasteiger partial charge >= 0.3 is 12.1 Å². The van der Waals surface area contributed by atoms with Gasteiger partial charge in [-0.15, -0.1) is 0 Å². The van der Waals surface area contributed by atoms with Crippen molar-refractivity contribution < 1.29 is 21.9 Å². The van der Waals surface area contributed by atoms with Gasteiger partial charge in [0, 0.05) is 11.6 Å². The monoisotopic (exact) mass is 427 g/mol. The number of pyridine rings is 1. The topological polar surface area (TPSA) is 104 Å². The molecule has 0 N–H and O–H groups in total. The lowest BCUT2D eigenvalue weighted by Crippen LogP contribution is -2.32. The first-order valence-corrected chi connectivity index (χ1v) is 9.72. The zero-order valence-electron chi connectivity index (χ0n) is 14.4. The maximum atomic E-state index is 13.3. The standard InChI is InChI=1S/C16H12F3N5O3S.CH4/c1-6-7-5-20-15-22-12(7)24(8-3-2-4-9(8)28(15)26)13(25)10(6)11-21-14(27-23-11)16(17,18)19;/h5,8-9H,2-4H2,1H3;1H4. The molecule has 154 valence electrons. The summed E-state index contributed by atoms with van der Waals surface area (Å²) in [5.74, 6) is -1.96. The fourth-order valence-electron chi connectivity index (χ4n) is 4.01. The van der Waals surface area contributed by atoms with Gasteiger partial charge in [-0.2, -0.15) is 18.2 Å². The molecule has 4 heterocycles. The molecular weight excluding hydrogens is 411 g/mol. The fourth-order valence-corrected chi connectivity index (χ4v) is 5.54. The average Bonchev–Trinajstić information content (AvgIpc) is 3.29. The van der Waals surface area contributed by atoms with Gasteiger partial charge in [0.05, 0.1) is 27.7 Å². The molecule has 12 heteroatoms. The lowest BCUT2D eigenvalue weighted by molar-refractivity contribution is -0.159. The van der Waals surface area contributed by atoms with Gasteiger partial charge < -0.3 is 4.52 Å². The zero-order valence-corrected chi connectivity index (χ0v) is 15.2. The maximum absolute atomic E-state index is 13.3. The van der Waals surface area contributed by atoms with E-state index < -0.39 is 34.3 Å². The highest BCUT2D eigenvalue weighted by molar-refractivity contribution is 7.85. The molecule has 1 saturated carbocycles. The normalized spacial score (nSPS) is 23.1. The van der Waals surface area contributed by atoms with Crippen molar-refractivity contribution in [3.05, 3.63) is 28.0 Å². The number of aryl methyl sites for hydroxylation is 1. The van der Waals surface area contributed by atoms with Gasteiger partial charge in [-0.3, -0.25) is 13.6 Å².